The van der Waals surface area contributed by atoms with Crippen LogP contribution in [0.3, 0.4) is 0 Å². The van der Waals surface area contributed by atoms with Gasteiger partial charge < -0.3 is 19.5 Å². The monoisotopic (exact) mass is 401 g/mol. The van der Waals surface area contributed by atoms with E-state index >= 15 is 0 Å². The Kier molecular flexibility index (Phi) is 7.70. The predicted molar refractivity (Wildman–Crippen MR) is 110 cm³/mol. The highest BCUT2D eigenvalue weighted by atomic mass is 16.5. The van der Waals surface area contributed by atoms with Gasteiger partial charge in [-0.15, -0.1) is 0 Å². The molecule has 2 aromatic rings. The highest BCUT2D eigenvalue weighted by Gasteiger charge is 2.18. The van der Waals surface area contributed by atoms with Crippen LogP contribution in [0.25, 0.3) is 0 Å². The van der Waals surface area contributed by atoms with Crippen LogP contribution in [0, 0.1) is 13.8 Å². The molecule has 0 fully saturated rings. The summed E-state index contributed by atoms with van der Waals surface area (Å²) < 4.78 is 15.9. The third kappa shape index (κ3) is 5.78. The third-order valence-corrected chi connectivity index (χ3v) is 4.30. The van der Waals surface area contributed by atoms with E-state index in [1.165, 1.54) is 21.3 Å². The molecule has 0 aromatic heterocycles. The number of ether oxygens (including phenoxy) is 3. The Morgan fingerprint density at radius 2 is 1.55 bits per heavy atom. The van der Waals surface area contributed by atoms with Gasteiger partial charge >= 0.3 is 0 Å². The topological polar surface area (TPSA) is 97.9 Å². The van der Waals surface area contributed by atoms with E-state index in [4.69, 9.17) is 14.2 Å². The van der Waals surface area contributed by atoms with Crippen molar-refractivity contribution in [2.75, 3.05) is 33.2 Å². The van der Waals surface area contributed by atoms with Crippen LogP contribution in [-0.2, 0) is 16.0 Å². The molecule has 156 valence electrons. The molecule has 3 N–H and O–H groups in total. The van der Waals surface area contributed by atoms with E-state index < -0.39 is 5.91 Å². The Hall–Kier alpha value is -3.42. The van der Waals surface area contributed by atoms with E-state index in [0.29, 0.717) is 22.8 Å². The van der Waals surface area contributed by atoms with E-state index in [0.717, 1.165) is 16.8 Å². The van der Waals surface area contributed by atoms with Gasteiger partial charge in [-0.1, -0.05) is 23.8 Å². The molecule has 0 heterocycles. The predicted octanol–water partition coefficient (Wildman–Crippen LogP) is 2.13. The highest BCUT2D eigenvalue weighted by Crippen LogP contribution is 2.39. The summed E-state index contributed by atoms with van der Waals surface area (Å²) in [4.78, 5) is 24.2. The maximum Gasteiger partial charge on any atom is 0.257 e. The average Bonchev–Trinajstić information content (AvgIpc) is 2.71. The second kappa shape index (κ2) is 10.2. The number of nitrogens with one attached hydrogen (secondary N) is 3. The largest absolute Gasteiger partial charge is 0.493 e. The Labute approximate surface area is 170 Å². The average molecular weight is 401 g/mol. The van der Waals surface area contributed by atoms with E-state index in [2.05, 4.69) is 16.2 Å². The van der Waals surface area contributed by atoms with Crippen LogP contribution in [0.1, 0.15) is 16.7 Å². The van der Waals surface area contributed by atoms with Crippen molar-refractivity contribution in [1.82, 2.24) is 10.9 Å². The summed E-state index contributed by atoms with van der Waals surface area (Å²) in [5.41, 5.74) is 8.46. The maximum atomic E-state index is 12.2. The Bertz CT molecular complexity index is 883. The minimum atomic E-state index is -0.393. The van der Waals surface area contributed by atoms with Crippen LogP contribution in [0.15, 0.2) is 30.3 Å². The molecule has 0 aliphatic carbocycles. The number of carbonyl (C=O) groups excluding carboxylic acids is 2. The summed E-state index contributed by atoms with van der Waals surface area (Å²) in [5.74, 6) is 0.555. The van der Waals surface area contributed by atoms with Gasteiger partial charge in [0.15, 0.2) is 11.5 Å². The first-order valence-electron chi connectivity index (χ1n) is 9.06. The fraction of sp³-hybridized carbons (Fsp3) is 0.333. The number of anilines is 1. The number of methoxy groups -OCH3 is 3. The molecule has 29 heavy (non-hydrogen) atoms. The first kappa shape index (κ1) is 21.9. The minimum absolute atomic E-state index is 0.00565. The number of hydrogen-bond donors (Lipinski definition) is 3. The van der Waals surface area contributed by atoms with Crippen molar-refractivity contribution in [2.24, 2.45) is 0 Å². The maximum absolute atomic E-state index is 12.2. The Balaban J connectivity index is 1.90. The number of aryl methyl sites for hydroxylation is 2. The molecule has 0 saturated carbocycles. The van der Waals surface area contributed by atoms with Crippen molar-refractivity contribution < 1.29 is 23.8 Å². The van der Waals surface area contributed by atoms with E-state index in [1.54, 1.807) is 12.1 Å². The van der Waals surface area contributed by atoms with E-state index in [1.807, 2.05) is 32.0 Å². The van der Waals surface area contributed by atoms with Crippen LogP contribution in [-0.4, -0.2) is 39.7 Å². The smallest absolute Gasteiger partial charge is 0.257 e. The van der Waals surface area contributed by atoms with Crippen molar-refractivity contribution in [2.45, 2.75) is 20.3 Å². The lowest BCUT2D eigenvalue weighted by Gasteiger charge is -2.16. The van der Waals surface area contributed by atoms with E-state index in [9.17, 15) is 9.59 Å². The number of hydrogen-bond acceptors (Lipinski definition) is 6. The molecular weight excluding hydrogens is 374 g/mol. The SMILES string of the molecule is COc1ccc(CC(=O)NNC(=O)CNc2ccc(C)cc2C)c(OC)c1OC. The van der Waals surface area contributed by atoms with Gasteiger partial charge in [0.1, 0.15) is 0 Å². The first-order valence-corrected chi connectivity index (χ1v) is 9.06. The molecule has 8 nitrogen and oxygen atoms in total. The molecule has 0 bridgehead atoms. The molecule has 0 aliphatic heterocycles. The molecule has 2 rings (SSSR count). The summed E-state index contributed by atoms with van der Waals surface area (Å²) in [6.45, 7) is 4.00. The summed E-state index contributed by atoms with van der Waals surface area (Å²) in [6, 6.07) is 9.31. The van der Waals surface area contributed by atoms with Crippen molar-refractivity contribution in [3.8, 4) is 17.2 Å². The summed E-state index contributed by atoms with van der Waals surface area (Å²) >= 11 is 0. The number of carbonyl (C=O) groups is 2. The van der Waals surface area contributed by atoms with Gasteiger partial charge in [-0.25, -0.2) is 0 Å². The molecular formula is C21H27N3O5. The van der Waals surface area contributed by atoms with Crippen LogP contribution >= 0.6 is 0 Å². The third-order valence-electron chi connectivity index (χ3n) is 4.30. The van der Waals surface area contributed by atoms with Crippen LogP contribution in [0.4, 0.5) is 5.69 Å². The Morgan fingerprint density at radius 1 is 0.862 bits per heavy atom. The number of rotatable bonds is 8. The molecule has 2 amide bonds. The zero-order valence-corrected chi connectivity index (χ0v) is 17.3. The molecule has 8 heteroatoms. The summed E-state index contributed by atoms with van der Waals surface area (Å²) in [6.07, 6.45) is -0.00565. The number of benzene rings is 2. The van der Waals surface area contributed by atoms with Crippen molar-refractivity contribution in [1.29, 1.82) is 0 Å². The molecule has 0 unspecified atom stereocenters. The van der Waals surface area contributed by atoms with Gasteiger partial charge in [0.05, 0.1) is 34.3 Å². The van der Waals surface area contributed by atoms with Crippen molar-refractivity contribution in [3.63, 3.8) is 0 Å². The lowest BCUT2D eigenvalue weighted by Crippen LogP contribution is -2.44. The van der Waals surface area contributed by atoms with Crippen LogP contribution in [0.2, 0.25) is 0 Å². The first-order chi connectivity index (χ1) is 13.9. The lowest BCUT2D eigenvalue weighted by atomic mass is 10.1. The summed E-state index contributed by atoms with van der Waals surface area (Å²) in [7, 11) is 4.50. The van der Waals surface area contributed by atoms with Crippen molar-refractivity contribution >= 4 is 17.5 Å². The summed E-state index contributed by atoms with van der Waals surface area (Å²) in [5, 5.41) is 3.05. The quantitative estimate of drug-likeness (QED) is 0.587. The molecule has 0 saturated heterocycles. The second-order valence-corrected chi connectivity index (χ2v) is 6.44. The molecule has 2 aromatic carbocycles. The van der Waals surface area contributed by atoms with Gasteiger partial charge in [-0.3, -0.25) is 20.4 Å². The molecule has 0 atom stereocenters. The van der Waals surface area contributed by atoms with Gasteiger partial charge in [0.2, 0.25) is 11.7 Å². The molecule has 0 aliphatic rings. The zero-order chi connectivity index (χ0) is 21.4. The van der Waals surface area contributed by atoms with Crippen LogP contribution in [0.5, 0.6) is 17.2 Å². The van der Waals surface area contributed by atoms with Gasteiger partial charge in [0, 0.05) is 11.3 Å². The highest BCUT2D eigenvalue weighted by molar-refractivity contribution is 5.86. The van der Waals surface area contributed by atoms with Crippen molar-refractivity contribution in [3.05, 3.63) is 47.0 Å². The van der Waals surface area contributed by atoms with Crippen LogP contribution < -0.4 is 30.4 Å². The zero-order valence-electron chi connectivity index (χ0n) is 17.3. The van der Waals surface area contributed by atoms with E-state index in [-0.39, 0.29) is 18.9 Å². The van der Waals surface area contributed by atoms with Gasteiger partial charge in [0.25, 0.3) is 5.91 Å². The minimum Gasteiger partial charge on any atom is -0.493 e. The van der Waals surface area contributed by atoms with Gasteiger partial charge in [-0.05, 0) is 31.5 Å². The Morgan fingerprint density at radius 3 is 2.17 bits per heavy atom. The normalized spacial score (nSPS) is 10.1. The number of amides is 2. The second-order valence-electron chi connectivity index (χ2n) is 6.44. The standard InChI is InChI=1S/C21H27N3O5/c1-13-6-8-16(14(2)10-13)22-12-19(26)24-23-18(25)11-15-7-9-17(27-3)21(29-5)20(15)28-4/h6-10,22H,11-12H2,1-5H3,(H,23,25)(H,24,26). The lowest BCUT2D eigenvalue weighted by molar-refractivity contribution is -0.127. The molecule has 0 spiro atoms. The van der Waals surface area contributed by atoms with Gasteiger partial charge in [-0.2, -0.15) is 0 Å². The fourth-order valence-corrected chi connectivity index (χ4v) is 2.89. The fourth-order valence-electron chi connectivity index (χ4n) is 2.89. The number of hydrazine groups is 1. The molecule has 0 radical (unpaired) electrons.